The molecule has 6 heteroatoms. The number of hydrogen-bond acceptors (Lipinski definition) is 4. The number of thiazole rings is 1. The molecule has 0 aliphatic carbocycles. The molecule has 0 spiro atoms. The Morgan fingerprint density at radius 2 is 2.07 bits per heavy atom. The van der Waals surface area contributed by atoms with Gasteiger partial charge in [-0.3, -0.25) is 4.79 Å². The minimum absolute atomic E-state index is 0.00348. The Bertz CT molecular complexity index is 820. The lowest BCUT2D eigenvalue weighted by molar-refractivity contribution is 0.0576. The van der Waals surface area contributed by atoms with Crippen LogP contribution in [-0.4, -0.2) is 41.5 Å². The minimum atomic E-state index is -0.00348. The standard InChI is InChI=1S/C21H26ClN3OS/c1-14-19(27-21(24-14)16-8-2-3-9-17(16)22)20(26)23-13-15-7-6-12-25-11-5-4-10-18(15)25/h2-3,8-9,15,18H,4-7,10-13H2,1H3,(H,23,26). The van der Waals surface area contributed by atoms with E-state index in [0.717, 1.165) is 22.8 Å². The number of aryl methyl sites for hydroxylation is 1. The zero-order valence-electron chi connectivity index (χ0n) is 15.7. The average molecular weight is 404 g/mol. The predicted octanol–water partition coefficient (Wildman–Crippen LogP) is 4.77. The van der Waals surface area contributed by atoms with Gasteiger partial charge in [0, 0.05) is 18.2 Å². The Hall–Kier alpha value is -1.43. The number of aromatic nitrogens is 1. The molecule has 4 nitrogen and oxygen atoms in total. The Labute approximate surface area is 169 Å². The van der Waals surface area contributed by atoms with E-state index in [1.165, 1.54) is 56.5 Å². The van der Waals surface area contributed by atoms with E-state index in [0.29, 0.717) is 21.9 Å². The van der Waals surface area contributed by atoms with Crippen molar-refractivity contribution in [2.24, 2.45) is 5.92 Å². The average Bonchev–Trinajstić information content (AvgIpc) is 3.08. The minimum Gasteiger partial charge on any atom is -0.351 e. The number of carbonyl (C=O) groups is 1. The van der Waals surface area contributed by atoms with Gasteiger partial charge >= 0.3 is 0 Å². The van der Waals surface area contributed by atoms with Crippen LogP contribution in [0.2, 0.25) is 5.02 Å². The lowest BCUT2D eigenvalue weighted by Gasteiger charge is -2.44. The maximum atomic E-state index is 12.8. The van der Waals surface area contributed by atoms with Crippen LogP contribution in [0.5, 0.6) is 0 Å². The van der Waals surface area contributed by atoms with Crippen molar-refractivity contribution in [2.75, 3.05) is 19.6 Å². The van der Waals surface area contributed by atoms with E-state index in [1.54, 1.807) is 0 Å². The molecular weight excluding hydrogens is 378 g/mol. The van der Waals surface area contributed by atoms with Gasteiger partial charge in [0.1, 0.15) is 9.88 Å². The second kappa shape index (κ2) is 8.29. The molecule has 4 rings (SSSR count). The monoisotopic (exact) mass is 403 g/mol. The molecule has 3 heterocycles. The zero-order chi connectivity index (χ0) is 18.8. The van der Waals surface area contributed by atoms with Crippen molar-refractivity contribution in [1.29, 1.82) is 0 Å². The molecular formula is C21H26ClN3OS. The molecule has 0 bridgehead atoms. The smallest absolute Gasteiger partial charge is 0.263 e. The number of benzene rings is 1. The highest BCUT2D eigenvalue weighted by atomic mass is 35.5. The van der Waals surface area contributed by atoms with Crippen molar-refractivity contribution in [3.8, 4) is 10.6 Å². The van der Waals surface area contributed by atoms with E-state index >= 15 is 0 Å². The van der Waals surface area contributed by atoms with Crippen molar-refractivity contribution in [1.82, 2.24) is 15.2 Å². The van der Waals surface area contributed by atoms with Gasteiger partial charge < -0.3 is 10.2 Å². The van der Waals surface area contributed by atoms with Crippen LogP contribution in [0.1, 0.15) is 47.5 Å². The summed E-state index contributed by atoms with van der Waals surface area (Å²) in [7, 11) is 0. The molecule has 1 N–H and O–H groups in total. The summed E-state index contributed by atoms with van der Waals surface area (Å²) >= 11 is 7.72. The topological polar surface area (TPSA) is 45.2 Å². The first-order chi connectivity index (χ1) is 13.1. The second-order valence-corrected chi connectivity index (χ2v) is 9.03. The van der Waals surface area contributed by atoms with E-state index in [2.05, 4.69) is 15.2 Å². The number of hydrogen-bond donors (Lipinski definition) is 1. The van der Waals surface area contributed by atoms with Gasteiger partial charge in [0.2, 0.25) is 0 Å². The largest absolute Gasteiger partial charge is 0.351 e. The summed E-state index contributed by atoms with van der Waals surface area (Å²) in [5.41, 5.74) is 1.66. The highest BCUT2D eigenvalue weighted by molar-refractivity contribution is 7.17. The Morgan fingerprint density at radius 1 is 1.26 bits per heavy atom. The molecule has 2 atom stereocenters. The van der Waals surface area contributed by atoms with Crippen LogP contribution < -0.4 is 5.32 Å². The van der Waals surface area contributed by atoms with Gasteiger partial charge in [0.05, 0.1) is 10.7 Å². The van der Waals surface area contributed by atoms with Crippen LogP contribution in [0.15, 0.2) is 24.3 Å². The summed E-state index contributed by atoms with van der Waals surface area (Å²) in [4.78, 5) is 20.7. The number of piperidine rings is 2. The third-order valence-electron chi connectivity index (χ3n) is 5.86. The van der Waals surface area contributed by atoms with Gasteiger partial charge in [-0.25, -0.2) is 4.98 Å². The number of nitrogens with one attached hydrogen (secondary N) is 1. The van der Waals surface area contributed by atoms with E-state index in [9.17, 15) is 4.79 Å². The Morgan fingerprint density at radius 3 is 2.93 bits per heavy atom. The highest BCUT2D eigenvalue weighted by Gasteiger charge is 2.33. The summed E-state index contributed by atoms with van der Waals surface area (Å²) in [6.07, 6.45) is 6.37. The van der Waals surface area contributed by atoms with E-state index < -0.39 is 0 Å². The van der Waals surface area contributed by atoms with Crippen molar-refractivity contribution < 1.29 is 4.79 Å². The number of rotatable bonds is 4. The van der Waals surface area contributed by atoms with Crippen molar-refractivity contribution in [2.45, 2.75) is 45.1 Å². The van der Waals surface area contributed by atoms with Crippen LogP contribution >= 0.6 is 22.9 Å². The predicted molar refractivity (Wildman–Crippen MR) is 112 cm³/mol. The molecule has 1 aromatic heterocycles. The molecule has 1 aromatic carbocycles. The third-order valence-corrected chi connectivity index (χ3v) is 7.38. The number of amides is 1. The fraction of sp³-hybridized carbons (Fsp3) is 0.524. The molecule has 2 saturated heterocycles. The SMILES string of the molecule is Cc1nc(-c2ccccc2Cl)sc1C(=O)NCC1CCCN2CCCCC12. The summed E-state index contributed by atoms with van der Waals surface area (Å²) in [5, 5.41) is 4.66. The lowest BCUT2D eigenvalue weighted by atomic mass is 9.83. The van der Waals surface area contributed by atoms with Gasteiger partial charge in [-0.15, -0.1) is 11.3 Å². The van der Waals surface area contributed by atoms with Gasteiger partial charge in [-0.05, 0) is 57.7 Å². The molecule has 144 valence electrons. The number of fused-ring (bicyclic) bond motifs is 1. The van der Waals surface area contributed by atoms with Crippen molar-refractivity contribution >= 4 is 28.8 Å². The molecule has 2 aliphatic heterocycles. The van der Waals surface area contributed by atoms with Gasteiger partial charge in [0.25, 0.3) is 5.91 Å². The third kappa shape index (κ3) is 4.05. The van der Waals surface area contributed by atoms with Crippen molar-refractivity contribution in [3.63, 3.8) is 0 Å². The number of nitrogens with zero attached hydrogens (tertiary/aromatic N) is 2. The molecule has 0 radical (unpaired) electrons. The van der Waals surface area contributed by atoms with E-state index in [1.807, 2.05) is 31.2 Å². The highest BCUT2D eigenvalue weighted by Crippen LogP contribution is 2.33. The summed E-state index contributed by atoms with van der Waals surface area (Å²) in [5.74, 6) is 0.565. The van der Waals surface area contributed by atoms with Crippen LogP contribution in [-0.2, 0) is 0 Å². The quantitative estimate of drug-likeness (QED) is 0.799. The molecule has 2 aliphatic rings. The summed E-state index contributed by atoms with van der Waals surface area (Å²) < 4.78 is 0. The first-order valence-electron chi connectivity index (χ1n) is 9.88. The molecule has 27 heavy (non-hydrogen) atoms. The normalized spacial score (nSPS) is 23.0. The number of carbonyl (C=O) groups excluding carboxylic acids is 1. The maximum Gasteiger partial charge on any atom is 0.263 e. The molecule has 1 amide bonds. The second-order valence-electron chi connectivity index (χ2n) is 7.62. The Kier molecular flexibility index (Phi) is 5.81. The zero-order valence-corrected chi connectivity index (χ0v) is 17.3. The fourth-order valence-corrected chi connectivity index (χ4v) is 5.78. The summed E-state index contributed by atoms with van der Waals surface area (Å²) in [6, 6.07) is 8.29. The fourth-order valence-electron chi connectivity index (χ4n) is 4.48. The van der Waals surface area contributed by atoms with Crippen LogP contribution in [0.25, 0.3) is 10.6 Å². The van der Waals surface area contributed by atoms with Gasteiger partial charge in [-0.2, -0.15) is 0 Å². The van der Waals surface area contributed by atoms with Gasteiger partial charge in [-0.1, -0.05) is 36.2 Å². The van der Waals surface area contributed by atoms with Crippen molar-refractivity contribution in [3.05, 3.63) is 39.9 Å². The maximum absolute atomic E-state index is 12.8. The lowest BCUT2D eigenvalue weighted by Crippen LogP contribution is -2.50. The number of halogens is 1. The van der Waals surface area contributed by atoms with Crippen LogP contribution in [0.3, 0.4) is 0 Å². The molecule has 0 saturated carbocycles. The molecule has 2 aromatic rings. The molecule has 2 unspecified atom stereocenters. The van der Waals surface area contributed by atoms with E-state index in [4.69, 9.17) is 11.6 Å². The van der Waals surface area contributed by atoms with E-state index in [-0.39, 0.29) is 5.91 Å². The summed E-state index contributed by atoms with van der Waals surface area (Å²) in [6.45, 7) is 5.11. The Balaban J connectivity index is 1.43. The molecule has 2 fully saturated rings. The van der Waals surface area contributed by atoms with Gasteiger partial charge in [0.15, 0.2) is 0 Å². The van der Waals surface area contributed by atoms with Crippen LogP contribution in [0.4, 0.5) is 0 Å². The first kappa shape index (κ1) is 18.9. The van der Waals surface area contributed by atoms with Crippen LogP contribution in [0, 0.1) is 12.8 Å². The first-order valence-corrected chi connectivity index (χ1v) is 11.1.